The van der Waals surface area contributed by atoms with E-state index in [1.807, 2.05) is 44.2 Å². The predicted octanol–water partition coefficient (Wildman–Crippen LogP) is 4.84. The molecule has 0 aliphatic rings. The van der Waals surface area contributed by atoms with Gasteiger partial charge in [0.2, 0.25) is 0 Å². The summed E-state index contributed by atoms with van der Waals surface area (Å²) < 4.78 is 4.91. The van der Waals surface area contributed by atoms with Gasteiger partial charge in [-0.15, -0.1) is 0 Å². The fourth-order valence-corrected chi connectivity index (χ4v) is 1.87. The number of carbonyl (C=O) groups excluding carboxylic acids is 1. The second-order valence-electron chi connectivity index (χ2n) is 5.74. The van der Waals surface area contributed by atoms with Crippen molar-refractivity contribution in [3.05, 3.63) is 48.6 Å². The Morgan fingerprint density at radius 1 is 1.27 bits per heavy atom. The van der Waals surface area contributed by atoms with Gasteiger partial charge in [0, 0.05) is 6.42 Å². The molecule has 4 nitrogen and oxygen atoms in total. The molecule has 22 heavy (non-hydrogen) atoms. The summed E-state index contributed by atoms with van der Waals surface area (Å²) in [6, 6.07) is 9.87. The largest absolute Gasteiger partial charge is 0.461 e. The van der Waals surface area contributed by atoms with Gasteiger partial charge in [0.15, 0.2) is 5.00 Å². The third-order valence-corrected chi connectivity index (χ3v) is 3.40. The normalized spacial score (nSPS) is 14.5. The van der Waals surface area contributed by atoms with E-state index in [4.69, 9.17) is 16.3 Å². The van der Waals surface area contributed by atoms with Crippen LogP contribution in [0.5, 0.6) is 0 Å². The van der Waals surface area contributed by atoms with Gasteiger partial charge < -0.3 is 4.74 Å². The molecule has 120 valence electrons. The van der Waals surface area contributed by atoms with Gasteiger partial charge in [-0.1, -0.05) is 54.6 Å². The van der Waals surface area contributed by atoms with Crippen LogP contribution in [0.3, 0.4) is 0 Å². The molecule has 1 rings (SSSR count). The van der Waals surface area contributed by atoms with Crippen LogP contribution in [-0.2, 0) is 15.1 Å². The molecule has 0 amide bonds. The standard InChI is InChI=1S/C17H23ClN2O2/c1-5-13-22-15(21)11-12-17(4,18)20-19-16(2,3)14-9-7-6-8-10-14/h5-10H,1,11-13H2,2-4H3. The predicted molar refractivity (Wildman–Crippen MR) is 89.0 cm³/mol. The summed E-state index contributed by atoms with van der Waals surface area (Å²) in [6.07, 6.45) is 2.08. The van der Waals surface area contributed by atoms with Gasteiger partial charge in [-0.3, -0.25) is 4.79 Å². The van der Waals surface area contributed by atoms with Crippen molar-refractivity contribution >= 4 is 17.6 Å². The van der Waals surface area contributed by atoms with Gasteiger partial charge in [0.05, 0.1) is 0 Å². The molecule has 0 N–H and O–H groups in total. The zero-order valence-electron chi connectivity index (χ0n) is 13.4. The third kappa shape index (κ3) is 6.39. The van der Waals surface area contributed by atoms with Crippen molar-refractivity contribution in [3.63, 3.8) is 0 Å². The van der Waals surface area contributed by atoms with E-state index in [2.05, 4.69) is 16.8 Å². The number of halogens is 1. The van der Waals surface area contributed by atoms with Gasteiger partial charge >= 0.3 is 5.97 Å². The van der Waals surface area contributed by atoms with E-state index < -0.39 is 10.5 Å². The average Bonchev–Trinajstić information content (AvgIpc) is 2.50. The Balaban J connectivity index is 2.62. The van der Waals surface area contributed by atoms with Crippen molar-refractivity contribution in [2.75, 3.05) is 6.61 Å². The van der Waals surface area contributed by atoms with Crippen LogP contribution in [0.1, 0.15) is 39.2 Å². The van der Waals surface area contributed by atoms with Crippen LogP contribution in [0.25, 0.3) is 0 Å². The molecule has 0 saturated heterocycles. The van der Waals surface area contributed by atoms with E-state index in [-0.39, 0.29) is 19.0 Å². The molecule has 0 aliphatic heterocycles. The number of nitrogens with zero attached hydrogens (tertiary/aromatic N) is 2. The van der Waals surface area contributed by atoms with Gasteiger partial charge in [-0.2, -0.15) is 10.2 Å². The number of esters is 1. The van der Waals surface area contributed by atoms with E-state index in [0.717, 1.165) is 5.56 Å². The molecule has 0 spiro atoms. The maximum absolute atomic E-state index is 11.5. The highest BCUT2D eigenvalue weighted by molar-refractivity contribution is 6.23. The second-order valence-corrected chi connectivity index (χ2v) is 6.55. The minimum absolute atomic E-state index is 0.193. The van der Waals surface area contributed by atoms with E-state index >= 15 is 0 Å². The molecule has 0 radical (unpaired) electrons. The fraction of sp³-hybridized carbons (Fsp3) is 0.471. The van der Waals surface area contributed by atoms with Crippen molar-refractivity contribution in [2.45, 2.75) is 44.1 Å². The van der Waals surface area contributed by atoms with Crippen LogP contribution in [0, 0.1) is 0 Å². The molecule has 0 aliphatic carbocycles. The lowest BCUT2D eigenvalue weighted by molar-refractivity contribution is -0.142. The summed E-state index contributed by atoms with van der Waals surface area (Å²) in [4.78, 5) is 10.5. The minimum Gasteiger partial charge on any atom is -0.461 e. The number of alkyl halides is 1. The molecule has 1 aromatic rings. The van der Waals surface area contributed by atoms with Gasteiger partial charge in [-0.05, 0) is 32.8 Å². The van der Waals surface area contributed by atoms with Crippen molar-refractivity contribution in [2.24, 2.45) is 10.2 Å². The van der Waals surface area contributed by atoms with E-state index in [0.29, 0.717) is 6.42 Å². The summed E-state index contributed by atoms with van der Waals surface area (Å²) in [7, 11) is 0. The quantitative estimate of drug-likeness (QED) is 0.226. The molecule has 0 aromatic heterocycles. The van der Waals surface area contributed by atoms with Gasteiger partial charge in [0.25, 0.3) is 0 Å². The van der Waals surface area contributed by atoms with Crippen molar-refractivity contribution in [1.29, 1.82) is 0 Å². The topological polar surface area (TPSA) is 51.0 Å². The number of azo groups is 1. The Bertz CT molecular complexity index is 525. The molecule has 0 heterocycles. The summed E-state index contributed by atoms with van der Waals surface area (Å²) in [5.74, 6) is -0.315. The van der Waals surface area contributed by atoms with Crippen molar-refractivity contribution < 1.29 is 9.53 Å². The number of rotatable bonds is 8. The molecule has 0 fully saturated rings. The Kier molecular flexibility index (Phi) is 6.75. The smallest absolute Gasteiger partial charge is 0.306 e. The number of carbonyl (C=O) groups is 1. The highest BCUT2D eigenvalue weighted by Gasteiger charge is 2.25. The average molecular weight is 323 g/mol. The van der Waals surface area contributed by atoms with E-state index in [9.17, 15) is 4.79 Å². The van der Waals surface area contributed by atoms with Crippen molar-refractivity contribution in [3.8, 4) is 0 Å². The third-order valence-electron chi connectivity index (χ3n) is 3.14. The lowest BCUT2D eigenvalue weighted by Crippen LogP contribution is -2.19. The first-order valence-corrected chi connectivity index (χ1v) is 7.60. The van der Waals surface area contributed by atoms with Gasteiger partial charge in [0.1, 0.15) is 12.1 Å². The number of benzene rings is 1. The lowest BCUT2D eigenvalue weighted by Gasteiger charge is -2.22. The number of hydrogen-bond acceptors (Lipinski definition) is 4. The number of ether oxygens (including phenoxy) is 1. The summed E-state index contributed by atoms with van der Waals surface area (Å²) in [5.41, 5.74) is 0.581. The van der Waals surface area contributed by atoms with Crippen LogP contribution >= 0.6 is 11.6 Å². The fourth-order valence-electron chi connectivity index (χ4n) is 1.74. The van der Waals surface area contributed by atoms with E-state index in [1.165, 1.54) is 6.08 Å². The monoisotopic (exact) mass is 322 g/mol. The molecule has 0 bridgehead atoms. The molecule has 1 aromatic carbocycles. The van der Waals surface area contributed by atoms with Crippen molar-refractivity contribution in [1.82, 2.24) is 0 Å². The Labute approximate surface area is 137 Å². The zero-order valence-corrected chi connectivity index (χ0v) is 14.1. The van der Waals surface area contributed by atoms with Crippen LogP contribution in [0.2, 0.25) is 0 Å². The number of hydrogen-bond donors (Lipinski definition) is 0. The van der Waals surface area contributed by atoms with Crippen LogP contribution in [0.4, 0.5) is 0 Å². The molecule has 0 saturated carbocycles. The Hall–Kier alpha value is -1.68. The maximum Gasteiger partial charge on any atom is 0.306 e. The first-order chi connectivity index (χ1) is 10.3. The first kappa shape index (κ1) is 18.4. The minimum atomic E-state index is -0.931. The Morgan fingerprint density at radius 2 is 1.91 bits per heavy atom. The first-order valence-electron chi connectivity index (χ1n) is 7.22. The zero-order chi connectivity index (χ0) is 16.6. The van der Waals surface area contributed by atoms with Crippen LogP contribution in [0.15, 0.2) is 53.2 Å². The lowest BCUT2D eigenvalue weighted by atomic mass is 9.96. The molecule has 1 unspecified atom stereocenters. The van der Waals surface area contributed by atoms with Crippen LogP contribution < -0.4 is 0 Å². The maximum atomic E-state index is 11.5. The molecule has 5 heteroatoms. The Morgan fingerprint density at radius 3 is 2.50 bits per heavy atom. The summed E-state index contributed by atoms with van der Waals surface area (Å²) in [6.45, 7) is 9.37. The highest BCUT2D eigenvalue weighted by Crippen LogP contribution is 2.29. The SMILES string of the molecule is C=CCOC(=O)CCC(C)(Cl)N=NC(C)(C)c1ccccc1. The highest BCUT2D eigenvalue weighted by atomic mass is 35.5. The summed E-state index contributed by atoms with van der Waals surface area (Å²) in [5, 5.41) is 8.58. The molecular formula is C17H23ClN2O2. The summed E-state index contributed by atoms with van der Waals surface area (Å²) >= 11 is 6.32. The molecular weight excluding hydrogens is 300 g/mol. The van der Waals surface area contributed by atoms with Crippen LogP contribution in [-0.4, -0.2) is 17.6 Å². The second kappa shape index (κ2) is 8.08. The molecule has 1 atom stereocenters. The van der Waals surface area contributed by atoms with E-state index in [1.54, 1.807) is 6.92 Å². The van der Waals surface area contributed by atoms with Gasteiger partial charge in [-0.25, -0.2) is 0 Å².